The number of nitrogens with zero attached hydrogens (tertiary/aromatic N) is 3. The highest BCUT2D eigenvalue weighted by Crippen LogP contribution is 2.32. The summed E-state index contributed by atoms with van der Waals surface area (Å²) in [5.74, 6) is 0. The minimum Gasteiger partial charge on any atom is -0.308 e. The highest BCUT2D eigenvalue weighted by molar-refractivity contribution is 6.42. The topological polar surface area (TPSA) is 71.8 Å². The molecule has 0 unspecified atom stereocenters. The number of hydrogen-bond acceptors (Lipinski definition) is 3. The van der Waals surface area contributed by atoms with E-state index in [9.17, 15) is 4.79 Å². The second-order valence-corrected chi connectivity index (χ2v) is 7.59. The van der Waals surface area contributed by atoms with Gasteiger partial charge < -0.3 is 10.6 Å². The third-order valence-corrected chi connectivity index (χ3v) is 5.39. The Kier molecular flexibility index (Phi) is 6.21. The Balaban J connectivity index is 1.58. The van der Waals surface area contributed by atoms with Crippen LogP contribution in [-0.4, -0.2) is 20.8 Å². The Morgan fingerprint density at radius 3 is 2.39 bits per heavy atom. The maximum Gasteiger partial charge on any atom is 0.323 e. The number of nitrogens with one attached hydrogen (secondary N) is 2. The Hall–Kier alpha value is -3.35. The number of hydrogen-bond donors (Lipinski definition) is 2. The average molecular weight is 452 g/mol. The van der Waals surface area contributed by atoms with E-state index in [-0.39, 0.29) is 6.03 Å². The molecule has 2 heterocycles. The van der Waals surface area contributed by atoms with Crippen molar-refractivity contribution in [1.29, 1.82) is 0 Å². The Morgan fingerprint density at radius 2 is 1.68 bits per heavy atom. The van der Waals surface area contributed by atoms with E-state index in [1.807, 2.05) is 54.2 Å². The lowest BCUT2D eigenvalue weighted by molar-refractivity contribution is 0.262. The van der Waals surface area contributed by atoms with Crippen molar-refractivity contribution in [3.05, 3.63) is 83.2 Å². The number of amides is 2. The maximum absolute atomic E-state index is 12.4. The molecular formula is C23H19Cl2N5O. The van der Waals surface area contributed by atoms with E-state index in [0.717, 1.165) is 28.9 Å². The summed E-state index contributed by atoms with van der Waals surface area (Å²) < 4.78 is 1.89. The van der Waals surface area contributed by atoms with Gasteiger partial charge in [0.25, 0.3) is 0 Å². The van der Waals surface area contributed by atoms with Crippen LogP contribution in [0.1, 0.15) is 6.92 Å². The average Bonchev–Trinajstić information content (AvgIpc) is 3.22. The van der Waals surface area contributed by atoms with Gasteiger partial charge in [-0.1, -0.05) is 35.3 Å². The number of benzene rings is 2. The molecule has 0 saturated carbocycles. The van der Waals surface area contributed by atoms with Crippen molar-refractivity contribution >= 4 is 40.6 Å². The number of carbonyl (C=O) groups is 1. The maximum atomic E-state index is 12.4. The fraction of sp³-hybridized carbons (Fsp3) is 0.0870. The molecule has 0 atom stereocenters. The number of halogens is 2. The first-order valence-electron chi connectivity index (χ1n) is 9.65. The summed E-state index contributed by atoms with van der Waals surface area (Å²) in [7, 11) is 0. The molecule has 0 fully saturated rings. The van der Waals surface area contributed by atoms with Gasteiger partial charge in [-0.15, -0.1) is 0 Å². The molecular weight excluding hydrogens is 433 g/mol. The van der Waals surface area contributed by atoms with E-state index >= 15 is 0 Å². The van der Waals surface area contributed by atoms with Crippen LogP contribution < -0.4 is 10.6 Å². The second kappa shape index (κ2) is 9.20. The molecule has 31 heavy (non-hydrogen) atoms. The van der Waals surface area contributed by atoms with Gasteiger partial charge >= 0.3 is 6.03 Å². The van der Waals surface area contributed by atoms with Crippen LogP contribution in [-0.2, 0) is 6.54 Å². The first-order chi connectivity index (χ1) is 15.0. The Morgan fingerprint density at radius 1 is 0.935 bits per heavy atom. The van der Waals surface area contributed by atoms with Crippen LogP contribution in [0, 0.1) is 0 Å². The zero-order chi connectivity index (χ0) is 21.8. The van der Waals surface area contributed by atoms with Gasteiger partial charge in [-0.3, -0.25) is 9.67 Å². The van der Waals surface area contributed by atoms with Gasteiger partial charge in [0.2, 0.25) is 0 Å². The molecule has 2 aromatic carbocycles. The summed E-state index contributed by atoms with van der Waals surface area (Å²) in [6, 6.07) is 16.0. The largest absolute Gasteiger partial charge is 0.323 e. The lowest BCUT2D eigenvalue weighted by Gasteiger charge is -2.10. The minimum absolute atomic E-state index is 0.373. The first-order valence-corrected chi connectivity index (χ1v) is 10.4. The van der Waals surface area contributed by atoms with Crippen LogP contribution in [0.2, 0.25) is 10.0 Å². The number of aromatic nitrogens is 3. The van der Waals surface area contributed by atoms with Crippen molar-refractivity contribution in [3.63, 3.8) is 0 Å². The normalized spacial score (nSPS) is 10.7. The summed E-state index contributed by atoms with van der Waals surface area (Å²) in [5, 5.41) is 11.1. The second-order valence-electron chi connectivity index (χ2n) is 6.77. The Bertz CT molecular complexity index is 1220. The summed E-state index contributed by atoms with van der Waals surface area (Å²) in [6.07, 6.45) is 5.50. The lowest BCUT2D eigenvalue weighted by Crippen LogP contribution is -2.19. The molecule has 0 aliphatic carbocycles. The molecule has 0 radical (unpaired) electrons. The van der Waals surface area contributed by atoms with Gasteiger partial charge in [0.15, 0.2) is 0 Å². The molecule has 6 nitrogen and oxygen atoms in total. The van der Waals surface area contributed by atoms with E-state index in [0.29, 0.717) is 21.4 Å². The van der Waals surface area contributed by atoms with Crippen molar-refractivity contribution in [3.8, 4) is 22.4 Å². The summed E-state index contributed by atoms with van der Waals surface area (Å²) in [5.41, 5.74) is 4.96. The number of anilines is 2. The van der Waals surface area contributed by atoms with Gasteiger partial charge in [0.05, 0.1) is 10.0 Å². The monoisotopic (exact) mass is 451 g/mol. The number of pyridine rings is 1. The molecule has 4 rings (SSSR count). The molecule has 0 bridgehead atoms. The zero-order valence-electron chi connectivity index (χ0n) is 16.6. The van der Waals surface area contributed by atoms with E-state index in [1.54, 1.807) is 30.6 Å². The number of rotatable bonds is 5. The van der Waals surface area contributed by atoms with Crippen LogP contribution >= 0.6 is 23.2 Å². The van der Waals surface area contributed by atoms with Crippen molar-refractivity contribution in [2.24, 2.45) is 0 Å². The SMILES string of the molecule is CCn1cc(-c2cccc(NC(=O)Nc3ccc(Cl)c(Cl)c3)c2)c(-c2ccncc2)n1. The number of urea groups is 1. The number of aryl methyl sites for hydroxylation is 1. The van der Waals surface area contributed by atoms with Gasteiger partial charge in [0, 0.05) is 47.6 Å². The lowest BCUT2D eigenvalue weighted by atomic mass is 10.0. The highest BCUT2D eigenvalue weighted by Gasteiger charge is 2.14. The minimum atomic E-state index is -0.380. The van der Waals surface area contributed by atoms with Crippen LogP contribution in [0.4, 0.5) is 16.2 Å². The number of carbonyl (C=O) groups excluding carboxylic acids is 1. The van der Waals surface area contributed by atoms with Crippen LogP contribution in [0.25, 0.3) is 22.4 Å². The smallest absolute Gasteiger partial charge is 0.308 e. The molecule has 0 aliphatic heterocycles. The zero-order valence-corrected chi connectivity index (χ0v) is 18.2. The van der Waals surface area contributed by atoms with Gasteiger partial charge in [-0.25, -0.2) is 4.79 Å². The van der Waals surface area contributed by atoms with Gasteiger partial charge in [-0.05, 0) is 55.0 Å². The van der Waals surface area contributed by atoms with Crippen molar-refractivity contribution in [2.45, 2.75) is 13.5 Å². The van der Waals surface area contributed by atoms with E-state index in [1.165, 1.54) is 0 Å². The molecule has 4 aromatic rings. The van der Waals surface area contributed by atoms with Crippen molar-refractivity contribution in [1.82, 2.24) is 14.8 Å². The molecule has 2 aromatic heterocycles. The van der Waals surface area contributed by atoms with Gasteiger partial charge in [-0.2, -0.15) is 5.10 Å². The predicted octanol–water partition coefficient (Wildman–Crippen LogP) is 6.58. The fourth-order valence-corrected chi connectivity index (χ4v) is 3.45. The highest BCUT2D eigenvalue weighted by atomic mass is 35.5. The molecule has 2 N–H and O–H groups in total. The molecule has 0 spiro atoms. The molecule has 156 valence electrons. The predicted molar refractivity (Wildman–Crippen MR) is 126 cm³/mol. The third-order valence-electron chi connectivity index (χ3n) is 4.65. The van der Waals surface area contributed by atoms with E-state index in [2.05, 4.69) is 15.6 Å². The quantitative estimate of drug-likeness (QED) is 0.359. The molecule has 0 saturated heterocycles. The van der Waals surface area contributed by atoms with Crippen molar-refractivity contribution in [2.75, 3.05) is 10.6 Å². The summed E-state index contributed by atoms with van der Waals surface area (Å²) in [6.45, 7) is 2.79. The van der Waals surface area contributed by atoms with Crippen LogP contribution in [0.15, 0.2) is 73.2 Å². The van der Waals surface area contributed by atoms with Crippen LogP contribution in [0.5, 0.6) is 0 Å². The van der Waals surface area contributed by atoms with E-state index in [4.69, 9.17) is 28.3 Å². The standard InChI is InChI=1S/C23H19Cl2N5O/c1-2-30-14-19(22(29-30)15-8-10-26-11-9-15)16-4-3-5-17(12-16)27-23(31)28-18-6-7-20(24)21(25)13-18/h3-14H,2H2,1H3,(H2,27,28,31). The third kappa shape index (κ3) is 4.87. The molecule has 2 amide bonds. The Labute approximate surface area is 189 Å². The molecule has 0 aliphatic rings. The molecule has 8 heteroatoms. The van der Waals surface area contributed by atoms with E-state index < -0.39 is 0 Å². The van der Waals surface area contributed by atoms with Crippen molar-refractivity contribution < 1.29 is 4.79 Å². The van der Waals surface area contributed by atoms with Gasteiger partial charge in [0.1, 0.15) is 5.69 Å². The van der Waals surface area contributed by atoms with Crippen LogP contribution in [0.3, 0.4) is 0 Å². The first kappa shape index (κ1) is 20.9. The fourth-order valence-electron chi connectivity index (χ4n) is 3.15. The summed E-state index contributed by atoms with van der Waals surface area (Å²) in [4.78, 5) is 16.5. The summed E-state index contributed by atoms with van der Waals surface area (Å²) >= 11 is 11.9.